The highest BCUT2D eigenvalue weighted by Crippen LogP contribution is 2.65. The maximum atomic E-state index is 12.4. The Hall–Kier alpha value is -2.23. The number of aromatic nitrogens is 2. The van der Waals surface area contributed by atoms with Crippen LogP contribution in [0.5, 0.6) is 0 Å². The number of anilines is 1. The molecule has 1 atom stereocenters. The molecule has 0 bridgehead atoms. The Labute approximate surface area is 130 Å². The zero-order valence-electron chi connectivity index (χ0n) is 12.7. The predicted octanol–water partition coefficient (Wildman–Crippen LogP) is 3.58. The van der Waals surface area contributed by atoms with Crippen LogP contribution in [-0.2, 0) is 4.79 Å². The van der Waals surface area contributed by atoms with Crippen molar-refractivity contribution in [3.63, 3.8) is 0 Å². The first-order valence-corrected chi connectivity index (χ1v) is 7.88. The molecule has 2 saturated carbocycles. The quantitative estimate of drug-likeness (QED) is 0.941. The van der Waals surface area contributed by atoms with Crippen LogP contribution >= 0.6 is 0 Å². The Morgan fingerprint density at radius 1 is 1.32 bits per heavy atom. The molecule has 2 aliphatic rings. The summed E-state index contributed by atoms with van der Waals surface area (Å²) >= 11 is 0. The number of nitrogens with zero attached hydrogens (tertiary/aromatic N) is 2. The smallest absolute Gasteiger partial charge is 0.228 e. The summed E-state index contributed by atoms with van der Waals surface area (Å²) in [6, 6.07) is 9.78. The second-order valence-electron chi connectivity index (χ2n) is 6.60. The van der Waals surface area contributed by atoms with Crippen LogP contribution in [0.1, 0.15) is 31.2 Å². The highest BCUT2D eigenvalue weighted by atomic mass is 16.2. The van der Waals surface area contributed by atoms with Gasteiger partial charge in [-0.25, -0.2) is 0 Å². The van der Waals surface area contributed by atoms with E-state index >= 15 is 0 Å². The normalized spacial score (nSPS) is 21.2. The molecule has 4 rings (SSSR count). The van der Waals surface area contributed by atoms with Crippen molar-refractivity contribution in [1.82, 2.24) is 10.2 Å². The van der Waals surface area contributed by atoms with Crippen molar-refractivity contribution in [2.45, 2.75) is 32.6 Å². The third kappa shape index (κ3) is 2.19. The van der Waals surface area contributed by atoms with Gasteiger partial charge in [-0.2, -0.15) is 10.2 Å². The molecular formula is C18H19N3O. The van der Waals surface area contributed by atoms with Gasteiger partial charge in [0.2, 0.25) is 5.91 Å². The number of benzene rings is 1. The molecule has 2 aliphatic carbocycles. The van der Waals surface area contributed by atoms with Gasteiger partial charge >= 0.3 is 0 Å². The van der Waals surface area contributed by atoms with Gasteiger partial charge in [0.25, 0.3) is 0 Å². The van der Waals surface area contributed by atoms with Crippen molar-refractivity contribution in [3.05, 3.63) is 42.1 Å². The first kappa shape index (κ1) is 13.4. The van der Waals surface area contributed by atoms with Gasteiger partial charge in [-0.3, -0.25) is 4.79 Å². The van der Waals surface area contributed by atoms with Gasteiger partial charge in [0.05, 0.1) is 5.69 Å². The van der Waals surface area contributed by atoms with Gasteiger partial charge in [-0.15, -0.1) is 0 Å². The molecule has 2 fully saturated rings. The van der Waals surface area contributed by atoms with Gasteiger partial charge in [0, 0.05) is 23.4 Å². The molecule has 4 heteroatoms. The fourth-order valence-corrected chi connectivity index (χ4v) is 3.55. The van der Waals surface area contributed by atoms with Crippen LogP contribution in [0.3, 0.4) is 0 Å². The van der Waals surface area contributed by atoms with E-state index < -0.39 is 0 Å². The molecule has 0 saturated heterocycles. The topological polar surface area (TPSA) is 54.9 Å². The van der Waals surface area contributed by atoms with Gasteiger partial charge in [0.1, 0.15) is 0 Å². The molecule has 1 amide bonds. The van der Waals surface area contributed by atoms with Crippen LogP contribution in [0.4, 0.5) is 5.69 Å². The Bertz CT molecular complexity index is 722. The van der Waals surface area contributed by atoms with E-state index in [1.165, 1.54) is 19.3 Å². The number of rotatable bonds is 3. The van der Waals surface area contributed by atoms with E-state index in [2.05, 4.69) is 15.5 Å². The molecule has 0 unspecified atom stereocenters. The van der Waals surface area contributed by atoms with Crippen molar-refractivity contribution in [2.24, 2.45) is 11.3 Å². The number of nitrogens with one attached hydrogen (secondary N) is 1. The highest BCUT2D eigenvalue weighted by molar-refractivity contribution is 5.95. The standard InChI is InChI=1S/C18H19N3O/c1-12-5-6-13(10-14(12)16-4-2-9-19-21-16)20-17(22)15-11-18(15)7-3-8-18/h2,4-6,9-10,15H,3,7-8,11H2,1H3,(H,20,22)/t15-/m1/s1. The molecule has 1 N–H and O–H groups in total. The fraction of sp³-hybridized carbons (Fsp3) is 0.389. The first-order valence-electron chi connectivity index (χ1n) is 7.88. The molecule has 1 aromatic carbocycles. The molecule has 112 valence electrons. The molecule has 1 aromatic heterocycles. The molecule has 2 aromatic rings. The lowest BCUT2D eigenvalue weighted by Gasteiger charge is -2.26. The number of carbonyl (C=O) groups is 1. The van der Waals surface area contributed by atoms with Crippen LogP contribution in [0, 0.1) is 18.3 Å². The van der Waals surface area contributed by atoms with E-state index in [4.69, 9.17) is 0 Å². The number of amides is 1. The Morgan fingerprint density at radius 2 is 2.18 bits per heavy atom. The summed E-state index contributed by atoms with van der Waals surface area (Å²) in [7, 11) is 0. The zero-order chi connectivity index (χ0) is 15.2. The fourth-order valence-electron chi connectivity index (χ4n) is 3.55. The number of carbonyl (C=O) groups excluding carboxylic acids is 1. The van der Waals surface area contributed by atoms with Crippen LogP contribution in [0.25, 0.3) is 11.3 Å². The van der Waals surface area contributed by atoms with Crippen molar-refractivity contribution < 1.29 is 4.79 Å². The first-order chi connectivity index (χ1) is 10.7. The molecule has 1 spiro atoms. The molecule has 0 aliphatic heterocycles. The van der Waals surface area contributed by atoms with E-state index in [-0.39, 0.29) is 11.8 Å². The van der Waals surface area contributed by atoms with Crippen LogP contribution < -0.4 is 5.32 Å². The number of aryl methyl sites for hydroxylation is 1. The maximum absolute atomic E-state index is 12.4. The second-order valence-corrected chi connectivity index (χ2v) is 6.60. The third-order valence-electron chi connectivity index (χ3n) is 5.21. The average molecular weight is 293 g/mol. The van der Waals surface area contributed by atoms with E-state index in [9.17, 15) is 4.79 Å². The minimum absolute atomic E-state index is 0.175. The van der Waals surface area contributed by atoms with Gasteiger partial charge in [0.15, 0.2) is 0 Å². The summed E-state index contributed by atoms with van der Waals surface area (Å²) in [4.78, 5) is 12.4. The summed E-state index contributed by atoms with van der Waals surface area (Å²) in [6.07, 6.45) is 6.47. The van der Waals surface area contributed by atoms with Crippen molar-refractivity contribution in [1.29, 1.82) is 0 Å². The van der Waals surface area contributed by atoms with Gasteiger partial charge < -0.3 is 5.32 Å². The van der Waals surface area contributed by atoms with E-state index in [0.29, 0.717) is 5.41 Å². The maximum Gasteiger partial charge on any atom is 0.228 e. The van der Waals surface area contributed by atoms with Gasteiger partial charge in [-0.05, 0) is 61.4 Å². The third-order valence-corrected chi connectivity index (χ3v) is 5.21. The SMILES string of the molecule is Cc1ccc(NC(=O)[C@H]2CC23CCC3)cc1-c1cccnn1. The second kappa shape index (κ2) is 4.90. The van der Waals surface area contributed by atoms with Crippen molar-refractivity contribution in [2.75, 3.05) is 5.32 Å². The van der Waals surface area contributed by atoms with Crippen LogP contribution in [0.15, 0.2) is 36.5 Å². The van der Waals surface area contributed by atoms with Gasteiger partial charge in [-0.1, -0.05) is 12.5 Å². The van der Waals surface area contributed by atoms with E-state index in [1.54, 1.807) is 6.20 Å². The summed E-state index contributed by atoms with van der Waals surface area (Å²) in [5, 5.41) is 11.2. The molecule has 4 nitrogen and oxygen atoms in total. The number of hydrogen-bond donors (Lipinski definition) is 1. The summed E-state index contributed by atoms with van der Waals surface area (Å²) in [5.74, 6) is 0.399. The molecule has 0 radical (unpaired) electrons. The minimum atomic E-state index is 0.175. The number of hydrogen-bond acceptors (Lipinski definition) is 3. The highest BCUT2D eigenvalue weighted by Gasteiger charge is 2.60. The lowest BCUT2D eigenvalue weighted by molar-refractivity contribution is -0.118. The Kier molecular flexibility index (Phi) is 2.99. The lowest BCUT2D eigenvalue weighted by atomic mass is 9.79. The Morgan fingerprint density at radius 3 is 2.82 bits per heavy atom. The Balaban J connectivity index is 1.54. The predicted molar refractivity (Wildman–Crippen MR) is 85.2 cm³/mol. The minimum Gasteiger partial charge on any atom is -0.326 e. The largest absolute Gasteiger partial charge is 0.326 e. The monoisotopic (exact) mass is 293 g/mol. The van der Waals surface area contributed by atoms with Crippen molar-refractivity contribution >= 4 is 11.6 Å². The molecule has 1 heterocycles. The summed E-state index contributed by atoms with van der Waals surface area (Å²) < 4.78 is 0. The van der Waals surface area contributed by atoms with Crippen molar-refractivity contribution in [3.8, 4) is 11.3 Å². The summed E-state index contributed by atoms with van der Waals surface area (Å²) in [6.45, 7) is 2.04. The van der Waals surface area contributed by atoms with E-state index in [1.807, 2.05) is 37.3 Å². The molecule has 22 heavy (non-hydrogen) atoms. The zero-order valence-corrected chi connectivity index (χ0v) is 12.7. The van der Waals surface area contributed by atoms with Crippen LogP contribution in [-0.4, -0.2) is 16.1 Å². The average Bonchev–Trinajstić information content (AvgIpc) is 3.26. The molecular weight excluding hydrogens is 274 g/mol. The van der Waals surface area contributed by atoms with E-state index in [0.717, 1.165) is 28.9 Å². The summed E-state index contributed by atoms with van der Waals surface area (Å²) in [5.41, 5.74) is 4.18. The lowest BCUT2D eigenvalue weighted by Crippen LogP contribution is -2.23. The van der Waals surface area contributed by atoms with Crippen LogP contribution in [0.2, 0.25) is 0 Å².